The zero-order valence-corrected chi connectivity index (χ0v) is 16.0. The third kappa shape index (κ3) is 6.38. The van der Waals surface area contributed by atoms with Crippen LogP contribution in [-0.2, 0) is 9.63 Å². The van der Waals surface area contributed by atoms with Crippen molar-refractivity contribution < 1.29 is 19.1 Å². The zero-order valence-electron chi connectivity index (χ0n) is 15.2. The number of halogens is 1. The maximum Gasteiger partial charge on any atom is 0.265 e. The second kappa shape index (κ2) is 10.3. The average Bonchev–Trinajstić information content (AvgIpc) is 2.64. The summed E-state index contributed by atoms with van der Waals surface area (Å²) in [6.45, 7) is 4.41. The Morgan fingerprint density at radius 1 is 1.15 bits per heavy atom. The van der Waals surface area contributed by atoms with Crippen LogP contribution >= 0.6 is 11.6 Å². The molecular formula is C19H22ClN3O4. The first-order valence-corrected chi connectivity index (χ1v) is 8.82. The first-order chi connectivity index (χ1) is 13.0. The van der Waals surface area contributed by atoms with Gasteiger partial charge in [0.15, 0.2) is 12.4 Å². The molecule has 0 aliphatic heterocycles. The van der Waals surface area contributed by atoms with E-state index < -0.39 is 5.91 Å². The smallest absolute Gasteiger partial charge is 0.265 e. The molecule has 0 radical (unpaired) electrons. The molecule has 0 fully saturated rings. The minimum Gasteiger partial charge on any atom is -0.494 e. The van der Waals surface area contributed by atoms with E-state index >= 15 is 0 Å². The molecule has 2 rings (SSSR count). The van der Waals surface area contributed by atoms with Crippen LogP contribution in [0.25, 0.3) is 0 Å². The largest absolute Gasteiger partial charge is 0.494 e. The predicted molar refractivity (Wildman–Crippen MR) is 106 cm³/mol. The van der Waals surface area contributed by atoms with E-state index in [4.69, 9.17) is 31.6 Å². The quantitative estimate of drug-likeness (QED) is 0.388. The third-order valence-electron chi connectivity index (χ3n) is 3.31. The topological polar surface area (TPSA) is 95.2 Å². The number of hydrogen-bond acceptors (Lipinski definition) is 5. The maximum atomic E-state index is 12.1. The van der Waals surface area contributed by atoms with Crippen molar-refractivity contribution >= 4 is 29.0 Å². The number of rotatable bonds is 9. The lowest BCUT2D eigenvalue weighted by Crippen LogP contribution is -2.20. The summed E-state index contributed by atoms with van der Waals surface area (Å²) in [5.41, 5.74) is 6.91. The van der Waals surface area contributed by atoms with Crippen molar-refractivity contribution in [3.63, 3.8) is 0 Å². The fraction of sp³-hybridized carbons (Fsp3) is 0.263. The molecule has 144 valence electrons. The van der Waals surface area contributed by atoms with E-state index in [1.54, 1.807) is 42.5 Å². The summed E-state index contributed by atoms with van der Waals surface area (Å²) < 4.78 is 11.0. The highest BCUT2D eigenvalue weighted by Gasteiger charge is 2.10. The number of carbonyl (C=O) groups excluding carboxylic acids is 1. The standard InChI is InChI=1S/C19H22ClN3O4/c1-3-25-15-8-9-17(26-4-2)16(11-15)22-18(24)12-27-23-19(21)13-6-5-7-14(20)10-13/h5-11H,3-4,12H2,1-2H3,(H2,21,23)(H,22,24). The Morgan fingerprint density at radius 3 is 2.63 bits per heavy atom. The van der Waals surface area contributed by atoms with Crippen LogP contribution in [0.4, 0.5) is 5.69 Å². The van der Waals surface area contributed by atoms with Crippen molar-refractivity contribution in [2.75, 3.05) is 25.1 Å². The molecule has 0 saturated carbocycles. The van der Waals surface area contributed by atoms with Gasteiger partial charge in [-0.3, -0.25) is 4.79 Å². The highest BCUT2D eigenvalue weighted by molar-refractivity contribution is 6.31. The Hall–Kier alpha value is -2.93. The summed E-state index contributed by atoms with van der Waals surface area (Å²) >= 11 is 5.90. The molecule has 0 spiro atoms. The fourth-order valence-corrected chi connectivity index (χ4v) is 2.38. The molecule has 0 heterocycles. The molecule has 0 aliphatic rings. The van der Waals surface area contributed by atoms with E-state index in [2.05, 4.69) is 10.5 Å². The van der Waals surface area contributed by atoms with Crippen LogP contribution in [0.1, 0.15) is 19.4 Å². The lowest BCUT2D eigenvalue weighted by Gasteiger charge is -2.13. The van der Waals surface area contributed by atoms with Crippen molar-refractivity contribution in [1.82, 2.24) is 0 Å². The van der Waals surface area contributed by atoms with Crippen LogP contribution in [0, 0.1) is 0 Å². The van der Waals surface area contributed by atoms with Crippen LogP contribution in [0.15, 0.2) is 47.6 Å². The van der Waals surface area contributed by atoms with E-state index in [9.17, 15) is 4.79 Å². The molecule has 8 heteroatoms. The summed E-state index contributed by atoms with van der Waals surface area (Å²) in [7, 11) is 0. The molecule has 0 unspecified atom stereocenters. The second-order valence-corrected chi connectivity index (χ2v) is 5.77. The van der Waals surface area contributed by atoms with Gasteiger partial charge in [0.25, 0.3) is 5.91 Å². The third-order valence-corrected chi connectivity index (χ3v) is 3.55. The lowest BCUT2D eigenvalue weighted by molar-refractivity contribution is -0.120. The van der Waals surface area contributed by atoms with Gasteiger partial charge in [0, 0.05) is 16.7 Å². The molecule has 0 atom stereocenters. The van der Waals surface area contributed by atoms with Gasteiger partial charge in [0.2, 0.25) is 0 Å². The summed E-state index contributed by atoms with van der Waals surface area (Å²) in [5, 5.41) is 6.99. The van der Waals surface area contributed by atoms with Crippen molar-refractivity contribution in [1.29, 1.82) is 0 Å². The van der Waals surface area contributed by atoms with Crippen LogP contribution in [-0.4, -0.2) is 31.6 Å². The number of oxime groups is 1. The first-order valence-electron chi connectivity index (χ1n) is 8.44. The molecule has 0 aliphatic carbocycles. The monoisotopic (exact) mass is 391 g/mol. The summed E-state index contributed by atoms with van der Waals surface area (Å²) in [6, 6.07) is 12.1. The normalized spacial score (nSPS) is 11.0. The summed E-state index contributed by atoms with van der Waals surface area (Å²) in [5.74, 6) is 0.877. The molecule has 27 heavy (non-hydrogen) atoms. The molecule has 0 bridgehead atoms. The molecule has 2 aromatic rings. The van der Waals surface area contributed by atoms with Gasteiger partial charge in [-0.25, -0.2) is 0 Å². The van der Waals surface area contributed by atoms with Crippen molar-refractivity contribution in [2.45, 2.75) is 13.8 Å². The highest BCUT2D eigenvalue weighted by Crippen LogP contribution is 2.29. The van der Waals surface area contributed by atoms with E-state index in [1.807, 2.05) is 13.8 Å². The number of hydrogen-bond donors (Lipinski definition) is 2. The van der Waals surface area contributed by atoms with Crippen LogP contribution in [0.2, 0.25) is 5.02 Å². The zero-order chi connectivity index (χ0) is 19.6. The number of nitrogens with two attached hydrogens (primary N) is 1. The van der Waals surface area contributed by atoms with Gasteiger partial charge in [0.05, 0.1) is 18.9 Å². The molecule has 0 saturated heterocycles. The Bertz CT molecular complexity index is 811. The van der Waals surface area contributed by atoms with Crippen LogP contribution in [0.5, 0.6) is 11.5 Å². The number of anilines is 1. The highest BCUT2D eigenvalue weighted by atomic mass is 35.5. The lowest BCUT2D eigenvalue weighted by atomic mass is 10.2. The van der Waals surface area contributed by atoms with E-state index in [0.717, 1.165) is 0 Å². The van der Waals surface area contributed by atoms with Gasteiger partial charge < -0.3 is 25.4 Å². The first kappa shape index (κ1) is 20.4. The molecule has 2 aromatic carbocycles. The fourth-order valence-electron chi connectivity index (χ4n) is 2.19. The number of carbonyl (C=O) groups is 1. The molecular weight excluding hydrogens is 370 g/mol. The number of nitrogens with one attached hydrogen (secondary N) is 1. The van der Waals surface area contributed by atoms with Gasteiger partial charge in [-0.15, -0.1) is 0 Å². The van der Waals surface area contributed by atoms with Crippen molar-refractivity contribution in [3.05, 3.63) is 53.1 Å². The maximum absolute atomic E-state index is 12.1. The number of amides is 1. The van der Waals surface area contributed by atoms with E-state index in [-0.39, 0.29) is 12.4 Å². The molecule has 1 amide bonds. The van der Waals surface area contributed by atoms with Crippen molar-refractivity contribution in [3.8, 4) is 11.5 Å². The molecule has 7 nitrogen and oxygen atoms in total. The second-order valence-electron chi connectivity index (χ2n) is 5.33. The molecule has 3 N–H and O–H groups in total. The predicted octanol–water partition coefficient (Wildman–Crippen LogP) is 3.41. The Balaban J connectivity index is 1.98. The van der Waals surface area contributed by atoms with Gasteiger partial charge in [-0.2, -0.15) is 0 Å². The minimum atomic E-state index is -0.410. The van der Waals surface area contributed by atoms with Crippen LogP contribution < -0.4 is 20.5 Å². The Kier molecular flexibility index (Phi) is 7.76. The van der Waals surface area contributed by atoms with Gasteiger partial charge in [-0.05, 0) is 38.1 Å². The molecule has 0 aromatic heterocycles. The van der Waals surface area contributed by atoms with Gasteiger partial charge in [0.1, 0.15) is 11.5 Å². The summed E-state index contributed by atoms with van der Waals surface area (Å²) in [4.78, 5) is 17.2. The Morgan fingerprint density at radius 2 is 1.93 bits per heavy atom. The average molecular weight is 392 g/mol. The minimum absolute atomic E-state index is 0.124. The van der Waals surface area contributed by atoms with Crippen LogP contribution in [0.3, 0.4) is 0 Å². The number of amidine groups is 1. The van der Waals surface area contributed by atoms with Gasteiger partial charge in [-0.1, -0.05) is 28.9 Å². The summed E-state index contributed by atoms with van der Waals surface area (Å²) in [6.07, 6.45) is 0. The number of ether oxygens (including phenoxy) is 2. The van der Waals surface area contributed by atoms with E-state index in [1.165, 1.54) is 0 Å². The van der Waals surface area contributed by atoms with Gasteiger partial charge >= 0.3 is 0 Å². The van der Waals surface area contributed by atoms with Crippen molar-refractivity contribution in [2.24, 2.45) is 10.9 Å². The Labute approximate surface area is 163 Å². The SMILES string of the molecule is CCOc1ccc(OCC)c(NC(=O)CO/N=C(/N)c2cccc(Cl)c2)c1. The van der Waals surface area contributed by atoms with E-state index in [0.29, 0.717) is 41.0 Å². The number of nitrogens with zero attached hydrogens (tertiary/aromatic N) is 1. The number of benzene rings is 2.